The average Bonchev–Trinajstić information content (AvgIpc) is 2.76. The second kappa shape index (κ2) is 12.2. The summed E-state index contributed by atoms with van der Waals surface area (Å²) in [5.74, 6) is 0. The van der Waals surface area contributed by atoms with Crippen LogP contribution in [0.1, 0.15) is 71.0 Å². The second-order valence-electron chi connectivity index (χ2n) is 9.87. The Morgan fingerprint density at radius 1 is 1.18 bits per heavy atom. The highest BCUT2D eigenvalue weighted by Crippen LogP contribution is 2.36. The third-order valence-electron chi connectivity index (χ3n) is 5.84. The number of carbonyl (C=O) groups is 1. The topological polar surface area (TPSA) is 75.6 Å². The number of hydrogen-bond acceptors (Lipinski definition) is 3. The second-order valence-corrected chi connectivity index (χ2v) is 12.8. The maximum absolute atomic E-state index is 13.2. The predicted octanol–water partition coefficient (Wildman–Crippen LogP) is 7.18. The molecule has 34 heavy (non-hydrogen) atoms. The van der Waals surface area contributed by atoms with Gasteiger partial charge >= 0.3 is 6.09 Å². The van der Waals surface area contributed by atoms with Crippen LogP contribution in [0, 0.1) is 0 Å². The summed E-state index contributed by atoms with van der Waals surface area (Å²) in [6.07, 6.45) is 0.868. The van der Waals surface area contributed by atoms with Gasteiger partial charge in [0.05, 0.1) is 11.6 Å². The minimum Gasteiger partial charge on any atom is -0.598 e. The van der Waals surface area contributed by atoms with E-state index in [1.165, 1.54) is 4.90 Å². The fraction of sp³-hybridized carbons (Fsp3) is 0.444. The highest BCUT2D eigenvalue weighted by Gasteiger charge is 2.40. The van der Waals surface area contributed by atoms with E-state index in [0.29, 0.717) is 25.8 Å². The molecule has 2 aromatic rings. The lowest BCUT2D eigenvalue weighted by atomic mass is 9.81. The molecule has 0 aliphatic heterocycles. The van der Waals surface area contributed by atoms with E-state index in [4.69, 9.17) is 0 Å². The number of nitrogens with zero attached hydrogens (tertiary/aromatic N) is 1. The lowest BCUT2D eigenvalue weighted by molar-refractivity contribution is 0.125. The van der Waals surface area contributed by atoms with Crippen molar-refractivity contribution in [3.63, 3.8) is 0 Å². The lowest BCUT2D eigenvalue weighted by Gasteiger charge is -2.39. The van der Waals surface area contributed by atoms with Crippen LogP contribution in [0.2, 0.25) is 0 Å². The van der Waals surface area contributed by atoms with Gasteiger partial charge in [-0.25, -0.2) is 4.79 Å². The monoisotopic (exact) mass is 548 g/mol. The molecule has 1 amide bonds. The summed E-state index contributed by atoms with van der Waals surface area (Å²) in [7, 11) is 0. The van der Waals surface area contributed by atoms with E-state index >= 15 is 0 Å². The van der Waals surface area contributed by atoms with Crippen LogP contribution in [0.4, 0.5) is 4.79 Å². The first kappa shape index (κ1) is 28.4. The number of halogens is 1. The van der Waals surface area contributed by atoms with E-state index in [1.54, 1.807) is 0 Å². The molecule has 3 atom stereocenters. The number of amides is 1. The highest BCUT2D eigenvalue weighted by molar-refractivity contribution is 9.10. The largest absolute Gasteiger partial charge is 0.598 e. The minimum atomic E-state index is -1.31. The molecule has 2 N–H and O–H groups in total. The maximum Gasteiger partial charge on any atom is 0.407 e. The molecule has 0 saturated heterocycles. The maximum atomic E-state index is 13.2. The standard InChI is InChI=1S/C27H37BrN2O3S/c1-20(2)19-27(23-11-8-7-9-12-23,29-34(33)26(4,5)6)17-10-18-30(25(31)32)21(3)22-13-15-24(28)16-14-22/h7-9,11-16,21,29H,1,10,17-19H2,2-6H3,(H,31,32)/t21-,27-,34+/m0/s1. The zero-order valence-electron chi connectivity index (χ0n) is 20.8. The SMILES string of the molecule is C=C(C)C[C@](CCCN(C(=O)O)[C@@H](C)c1ccc(Br)cc1)(N[S@+]([O-])C(C)(C)C)c1ccccc1. The Labute approximate surface area is 216 Å². The van der Waals surface area contributed by atoms with Gasteiger partial charge in [0.25, 0.3) is 0 Å². The minimum absolute atomic E-state index is 0.283. The van der Waals surface area contributed by atoms with Crippen molar-refractivity contribution < 1.29 is 14.5 Å². The smallest absolute Gasteiger partial charge is 0.407 e. The molecule has 0 aromatic heterocycles. The average molecular weight is 550 g/mol. The van der Waals surface area contributed by atoms with Gasteiger partial charge < -0.3 is 14.6 Å². The molecule has 0 aliphatic rings. The van der Waals surface area contributed by atoms with Gasteiger partial charge in [-0.3, -0.25) is 0 Å². The molecule has 0 unspecified atom stereocenters. The van der Waals surface area contributed by atoms with Crippen molar-refractivity contribution in [3.05, 3.63) is 82.3 Å². The molecule has 0 saturated carbocycles. The van der Waals surface area contributed by atoms with Gasteiger partial charge in [0.1, 0.15) is 4.75 Å². The van der Waals surface area contributed by atoms with Crippen molar-refractivity contribution in [1.29, 1.82) is 0 Å². The van der Waals surface area contributed by atoms with Crippen molar-refractivity contribution >= 4 is 33.4 Å². The lowest BCUT2D eigenvalue weighted by Crippen LogP contribution is -2.52. The molecule has 0 bridgehead atoms. The number of rotatable bonds is 11. The molecule has 2 rings (SSSR count). The molecule has 7 heteroatoms. The van der Waals surface area contributed by atoms with Crippen LogP contribution >= 0.6 is 15.9 Å². The zero-order chi connectivity index (χ0) is 25.5. The Balaban J connectivity index is 2.31. The van der Waals surface area contributed by atoms with Gasteiger partial charge in [0, 0.05) is 22.4 Å². The Morgan fingerprint density at radius 2 is 1.76 bits per heavy atom. The molecule has 186 valence electrons. The predicted molar refractivity (Wildman–Crippen MR) is 145 cm³/mol. The van der Waals surface area contributed by atoms with Crippen LogP contribution in [0.25, 0.3) is 0 Å². The first-order chi connectivity index (χ1) is 15.9. The molecular weight excluding hydrogens is 512 g/mol. The Hall–Kier alpha value is -1.80. The molecular formula is C27H37BrN2O3S. The van der Waals surface area contributed by atoms with Crippen LogP contribution in [0.3, 0.4) is 0 Å². The van der Waals surface area contributed by atoms with Crippen LogP contribution < -0.4 is 4.72 Å². The quantitative estimate of drug-likeness (QED) is 0.230. The van der Waals surface area contributed by atoms with Gasteiger partial charge in [-0.15, -0.1) is 11.3 Å². The summed E-state index contributed by atoms with van der Waals surface area (Å²) in [5, 5.41) is 9.94. The van der Waals surface area contributed by atoms with E-state index in [2.05, 4.69) is 27.2 Å². The molecule has 0 heterocycles. The Kier molecular flexibility index (Phi) is 10.2. The molecule has 0 spiro atoms. The van der Waals surface area contributed by atoms with E-state index in [-0.39, 0.29) is 6.04 Å². The van der Waals surface area contributed by atoms with Gasteiger partial charge in [-0.05, 0) is 77.1 Å². The molecule has 2 aromatic carbocycles. The molecule has 0 radical (unpaired) electrons. The third-order valence-corrected chi connectivity index (χ3v) is 8.06. The van der Waals surface area contributed by atoms with Crippen molar-refractivity contribution in [2.75, 3.05) is 6.54 Å². The van der Waals surface area contributed by atoms with Crippen molar-refractivity contribution in [2.45, 2.75) is 70.2 Å². The van der Waals surface area contributed by atoms with Crippen molar-refractivity contribution in [1.82, 2.24) is 9.62 Å². The summed E-state index contributed by atoms with van der Waals surface area (Å²) in [4.78, 5) is 13.6. The molecule has 5 nitrogen and oxygen atoms in total. The summed E-state index contributed by atoms with van der Waals surface area (Å²) >= 11 is 2.12. The number of benzene rings is 2. The number of carboxylic acid groups (broad SMARTS) is 1. The van der Waals surface area contributed by atoms with Gasteiger partial charge in [0.15, 0.2) is 0 Å². The van der Waals surface area contributed by atoms with E-state index in [1.807, 2.05) is 89.2 Å². The van der Waals surface area contributed by atoms with Crippen molar-refractivity contribution in [2.24, 2.45) is 0 Å². The fourth-order valence-corrected chi connectivity index (χ4v) is 5.23. The molecule has 0 aliphatic carbocycles. The van der Waals surface area contributed by atoms with Crippen LogP contribution in [-0.2, 0) is 16.9 Å². The van der Waals surface area contributed by atoms with Crippen LogP contribution in [0.5, 0.6) is 0 Å². The molecule has 0 fully saturated rings. The normalized spacial score (nSPS) is 15.3. The highest BCUT2D eigenvalue weighted by atomic mass is 79.9. The third kappa shape index (κ3) is 7.87. The first-order valence-corrected chi connectivity index (χ1v) is 13.4. The van der Waals surface area contributed by atoms with E-state index in [0.717, 1.165) is 21.2 Å². The summed E-state index contributed by atoms with van der Waals surface area (Å²) in [5.41, 5.74) is 2.32. The summed E-state index contributed by atoms with van der Waals surface area (Å²) in [6, 6.07) is 17.4. The van der Waals surface area contributed by atoms with Crippen molar-refractivity contribution in [3.8, 4) is 0 Å². The Bertz CT molecular complexity index is 947. The van der Waals surface area contributed by atoms with Gasteiger partial charge in [0.2, 0.25) is 0 Å². The van der Waals surface area contributed by atoms with E-state index < -0.39 is 27.7 Å². The Morgan fingerprint density at radius 3 is 2.26 bits per heavy atom. The van der Waals surface area contributed by atoms with Gasteiger partial charge in [-0.2, -0.15) is 0 Å². The fourth-order valence-electron chi connectivity index (χ4n) is 4.01. The van der Waals surface area contributed by atoms with E-state index in [9.17, 15) is 14.5 Å². The number of nitrogens with one attached hydrogen (secondary N) is 1. The van der Waals surface area contributed by atoms with Crippen LogP contribution in [0.15, 0.2) is 71.2 Å². The summed E-state index contributed by atoms with van der Waals surface area (Å²) < 4.78 is 17.2. The first-order valence-electron chi connectivity index (χ1n) is 11.5. The van der Waals surface area contributed by atoms with Crippen LogP contribution in [-0.4, -0.2) is 31.9 Å². The number of hydrogen-bond donors (Lipinski definition) is 2. The van der Waals surface area contributed by atoms with Gasteiger partial charge in [-0.1, -0.05) is 64.0 Å². The summed E-state index contributed by atoms with van der Waals surface area (Å²) in [6.45, 7) is 14.2. The zero-order valence-corrected chi connectivity index (χ0v) is 23.2.